The first-order valence-corrected chi connectivity index (χ1v) is 10.3. The number of piperazine rings is 1. The van der Waals surface area contributed by atoms with E-state index in [0.29, 0.717) is 22.4 Å². The van der Waals surface area contributed by atoms with Crippen LogP contribution in [0.4, 0.5) is 0 Å². The molecule has 0 saturated carbocycles. The van der Waals surface area contributed by atoms with Crippen LogP contribution in [0.5, 0.6) is 0 Å². The summed E-state index contributed by atoms with van der Waals surface area (Å²) in [7, 11) is 0. The molecule has 1 atom stereocenters. The van der Waals surface area contributed by atoms with E-state index in [9.17, 15) is 14.4 Å². The van der Waals surface area contributed by atoms with Crippen molar-refractivity contribution in [1.82, 2.24) is 20.6 Å². The number of benzene rings is 2. The van der Waals surface area contributed by atoms with Crippen LogP contribution < -0.4 is 10.6 Å². The summed E-state index contributed by atoms with van der Waals surface area (Å²) in [6, 6.07) is 15.0. The first-order chi connectivity index (χ1) is 15.2. The van der Waals surface area contributed by atoms with Crippen molar-refractivity contribution < 1.29 is 14.4 Å². The van der Waals surface area contributed by atoms with Gasteiger partial charge in [-0.2, -0.15) is 0 Å². The second kappa shape index (κ2) is 8.26. The van der Waals surface area contributed by atoms with E-state index in [0.717, 1.165) is 5.69 Å². The number of aromatic nitrogens is 2. The van der Waals surface area contributed by atoms with E-state index < -0.39 is 11.9 Å². The van der Waals surface area contributed by atoms with E-state index in [-0.39, 0.29) is 22.8 Å². The Hall–Kier alpha value is -4.00. The number of nitrogens with one attached hydrogen (secondary N) is 3. The van der Waals surface area contributed by atoms with Crippen LogP contribution >= 0.6 is 0 Å². The summed E-state index contributed by atoms with van der Waals surface area (Å²) in [5, 5.41) is 5.45. The van der Waals surface area contributed by atoms with Gasteiger partial charge >= 0.3 is 0 Å². The molecule has 1 fully saturated rings. The molecule has 2 heterocycles. The molecule has 0 aliphatic carbocycles. The maximum absolute atomic E-state index is 12.8. The lowest BCUT2D eigenvalue weighted by Crippen LogP contribution is -2.50. The second-order valence-electron chi connectivity index (χ2n) is 8.69. The van der Waals surface area contributed by atoms with E-state index >= 15 is 0 Å². The summed E-state index contributed by atoms with van der Waals surface area (Å²) in [5.74, 6) is -0.886. The highest BCUT2D eigenvalue weighted by molar-refractivity contribution is 6.10. The highest BCUT2D eigenvalue weighted by Crippen LogP contribution is 2.28. The minimum atomic E-state index is -0.859. The summed E-state index contributed by atoms with van der Waals surface area (Å²) in [6.45, 7) is 5.97. The highest BCUT2D eigenvalue weighted by Gasteiger charge is 2.35. The predicted molar refractivity (Wildman–Crippen MR) is 121 cm³/mol. The van der Waals surface area contributed by atoms with Crippen LogP contribution in [0.25, 0.3) is 6.08 Å². The number of hydrogen-bond donors (Lipinski definition) is 3. The Bertz CT molecular complexity index is 1220. The minimum Gasteiger partial charge on any atom is -0.346 e. The lowest BCUT2D eigenvalue weighted by atomic mass is 9.88. The third kappa shape index (κ3) is 4.23. The maximum atomic E-state index is 12.8. The lowest BCUT2D eigenvalue weighted by molar-refractivity contribution is -0.131. The molecule has 1 aliphatic heterocycles. The van der Waals surface area contributed by atoms with Gasteiger partial charge in [0.25, 0.3) is 11.8 Å². The Kier molecular flexibility index (Phi) is 5.48. The number of imidazole rings is 1. The Morgan fingerprint density at radius 3 is 2.44 bits per heavy atom. The van der Waals surface area contributed by atoms with Gasteiger partial charge in [-0.25, -0.2) is 4.98 Å². The smallest absolute Gasteiger partial charge is 0.268 e. The van der Waals surface area contributed by atoms with Gasteiger partial charge in [-0.05, 0) is 17.7 Å². The van der Waals surface area contributed by atoms with E-state index in [1.807, 2.05) is 39.0 Å². The van der Waals surface area contributed by atoms with Gasteiger partial charge < -0.3 is 15.6 Å². The first-order valence-electron chi connectivity index (χ1n) is 10.3. The highest BCUT2D eigenvalue weighted by atomic mass is 16.2. The molecule has 2 aromatic carbocycles. The number of amides is 2. The average Bonchev–Trinajstić information content (AvgIpc) is 3.27. The molecular formula is C25H24N4O3. The molecule has 7 heteroatoms. The Balaban J connectivity index is 1.57. The van der Waals surface area contributed by atoms with E-state index in [4.69, 9.17) is 0 Å². The van der Waals surface area contributed by atoms with Crippen LogP contribution in [0.3, 0.4) is 0 Å². The third-order valence-corrected chi connectivity index (χ3v) is 5.20. The molecule has 0 radical (unpaired) electrons. The van der Waals surface area contributed by atoms with Gasteiger partial charge in [0.05, 0.1) is 17.7 Å². The fourth-order valence-electron chi connectivity index (χ4n) is 3.66. The SMILES string of the molecule is CC(C)(C)c1nc[nH]c1C1NC(=O)/C(=C\c2cccc(C(=O)c3ccccc3)c2)NC1=O. The van der Waals surface area contributed by atoms with Crippen molar-refractivity contribution in [3.63, 3.8) is 0 Å². The van der Waals surface area contributed by atoms with Gasteiger partial charge in [-0.15, -0.1) is 0 Å². The summed E-state index contributed by atoms with van der Waals surface area (Å²) < 4.78 is 0. The summed E-state index contributed by atoms with van der Waals surface area (Å²) in [5.41, 5.74) is 2.83. The fraction of sp³-hybridized carbons (Fsp3) is 0.200. The molecule has 1 saturated heterocycles. The minimum absolute atomic E-state index is 0.114. The normalized spacial score (nSPS) is 17.7. The number of hydrogen-bond acceptors (Lipinski definition) is 4. The van der Waals surface area contributed by atoms with Crippen molar-refractivity contribution in [3.05, 3.63) is 94.7 Å². The number of rotatable bonds is 4. The molecule has 1 aliphatic rings. The average molecular weight is 428 g/mol. The van der Waals surface area contributed by atoms with Crippen LogP contribution in [0.15, 0.2) is 66.6 Å². The van der Waals surface area contributed by atoms with Crippen molar-refractivity contribution in [3.8, 4) is 0 Å². The fourth-order valence-corrected chi connectivity index (χ4v) is 3.66. The van der Waals surface area contributed by atoms with Gasteiger partial charge in [0.2, 0.25) is 0 Å². The number of ketones is 1. The molecule has 3 aromatic rings. The van der Waals surface area contributed by atoms with Crippen LogP contribution in [0.2, 0.25) is 0 Å². The zero-order chi connectivity index (χ0) is 22.9. The topological polar surface area (TPSA) is 104 Å². The van der Waals surface area contributed by atoms with E-state index in [2.05, 4.69) is 20.6 Å². The standard InChI is InChI=1S/C25H24N4O3/c1-25(2,3)22-19(26-14-27-22)20-24(32)28-18(23(31)29-20)13-15-8-7-11-17(12-15)21(30)16-9-5-4-6-10-16/h4-14,20H,1-3H3,(H,26,27)(H,28,32)(H,29,31)/b18-13+. The van der Waals surface area contributed by atoms with Crippen molar-refractivity contribution >= 4 is 23.7 Å². The van der Waals surface area contributed by atoms with Crippen molar-refractivity contribution in [2.24, 2.45) is 0 Å². The van der Waals surface area contributed by atoms with Gasteiger partial charge in [-0.3, -0.25) is 14.4 Å². The molecule has 1 unspecified atom stereocenters. The zero-order valence-corrected chi connectivity index (χ0v) is 18.1. The molecule has 0 bridgehead atoms. The second-order valence-corrected chi connectivity index (χ2v) is 8.69. The summed E-state index contributed by atoms with van der Waals surface area (Å²) in [6.07, 6.45) is 3.08. The van der Waals surface area contributed by atoms with E-state index in [1.165, 1.54) is 6.33 Å². The number of carbonyl (C=O) groups is 3. The number of aromatic amines is 1. The van der Waals surface area contributed by atoms with Gasteiger partial charge in [-0.1, -0.05) is 69.3 Å². The molecular weight excluding hydrogens is 404 g/mol. The largest absolute Gasteiger partial charge is 0.346 e. The van der Waals surface area contributed by atoms with Gasteiger partial charge in [0, 0.05) is 16.5 Å². The maximum Gasteiger partial charge on any atom is 0.268 e. The summed E-state index contributed by atoms with van der Waals surface area (Å²) >= 11 is 0. The lowest BCUT2D eigenvalue weighted by Gasteiger charge is -2.27. The van der Waals surface area contributed by atoms with Crippen LogP contribution in [0, 0.1) is 0 Å². The van der Waals surface area contributed by atoms with Crippen molar-refractivity contribution in [2.75, 3.05) is 0 Å². The third-order valence-electron chi connectivity index (χ3n) is 5.20. The van der Waals surface area contributed by atoms with Gasteiger partial charge in [0.1, 0.15) is 5.70 Å². The molecule has 3 N–H and O–H groups in total. The zero-order valence-electron chi connectivity index (χ0n) is 18.1. The molecule has 1 aromatic heterocycles. The number of nitrogens with zero attached hydrogens (tertiary/aromatic N) is 1. The van der Waals surface area contributed by atoms with Crippen LogP contribution in [-0.4, -0.2) is 27.6 Å². The van der Waals surface area contributed by atoms with Crippen LogP contribution in [-0.2, 0) is 15.0 Å². The Morgan fingerprint density at radius 2 is 1.72 bits per heavy atom. The molecule has 4 rings (SSSR count). The van der Waals surface area contributed by atoms with E-state index in [1.54, 1.807) is 42.5 Å². The molecule has 162 valence electrons. The quantitative estimate of drug-likeness (QED) is 0.438. The summed E-state index contributed by atoms with van der Waals surface area (Å²) in [4.78, 5) is 45.6. The molecule has 32 heavy (non-hydrogen) atoms. The Morgan fingerprint density at radius 1 is 1.00 bits per heavy atom. The first kappa shape index (κ1) is 21.2. The molecule has 0 spiro atoms. The van der Waals surface area contributed by atoms with Gasteiger partial charge in [0.15, 0.2) is 11.8 Å². The molecule has 7 nitrogen and oxygen atoms in total. The Labute approximate surface area is 186 Å². The number of carbonyl (C=O) groups excluding carboxylic acids is 3. The monoisotopic (exact) mass is 428 g/mol. The van der Waals surface area contributed by atoms with Crippen molar-refractivity contribution in [1.29, 1.82) is 0 Å². The predicted octanol–water partition coefficient (Wildman–Crippen LogP) is 3.27. The molecule has 2 amide bonds. The number of H-pyrrole nitrogens is 1. The van der Waals surface area contributed by atoms with Crippen LogP contribution in [0.1, 0.15) is 59.7 Å². The van der Waals surface area contributed by atoms with Crippen molar-refractivity contribution in [2.45, 2.75) is 32.2 Å².